The lowest BCUT2D eigenvalue weighted by molar-refractivity contribution is -0.105. The Balaban J connectivity index is 0.00000176. The van der Waals surface area contributed by atoms with Crippen LogP contribution in [0.5, 0.6) is 5.75 Å². The number of carbonyl (C=O) groups excluding carboxylic acids is 1. The molecule has 2 heterocycles. The van der Waals surface area contributed by atoms with Gasteiger partial charge in [-0.1, -0.05) is 12.1 Å². The molecule has 0 aliphatic carbocycles. The van der Waals surface area contributed by atoms with Crippen molar-refractivity contribution in [3.63, 3.8) is 0 Å². The molecule has 6 heteroatoms. The van der Waals surface area contributed by atoms with E-state index in [-0.39, 0.29) is 18.4 Å². The third-order valence-electron chi connectivity index (χ3n) is 3.32. The van der Waals surface area contributed by atoms with Crippen LogP contribution in [-0.4, -0.2) is 17.7 Å². The van der Waals surface area contributed by atoms with E-state index < -0.39 is 0 Å². The number of nitrogens with one attached hydrogen (secondary N) is 2. The van der Waals surface area contributed by atoms with Crippen molar-refractivity contribution in [2.75, 3.05) is 5.32 Å². The quantitative estimate of drug-likeness (QED) is 0.516. The smallest absolute Gasteiger partial charge is 0.173 e. The highest BCUT2D eigenvalue weighted by Gasteiger charge is 2.22. The Bertz CT molecular complexity index is 714. The lowest BCUT2D eigenvalue weighted by Crippen LogP contribution is -2.19. The number of anilines is 1. The summed E-state index contributed by atoms with van der Waals surface area (Å²) in [6.07, 6.45) is 5.29. The molecule has 2 aromatic rings. The number of benzene rings is 1. The predicted molar refractivity (Wildman–Crippen MR) is 87.7 cm³/mol. The van der Waals surface area contributed by atoms with Crippen molar-refractivity contribution in [1.82, 2.24) is 4.98 Å². The fourth-order valence-electron chi connectivity index (χ4n) is 2.32. The van der Waals surface area contributed by atoms with Crippen molar-refractivity contribution < 1.29 is 9.53 Å². The van der Waals surface area contributed by atoms with Gasteiger partial charge in [-0.3, -0.25) is 10.2 Å². The average molecular weight is 316 g/mol. The van der Waals surface area contributed by atoms with Gasteiger partial charge in [-0.25, -0.2) is 4.98 Å². The first kappa shape index (κ1) is 15.7. The number of aldehydes is 1. The van der Waals surface area contributed by atoms with Crippen LogP contribution in [0.3, 0.4) is 0 Å². The molecule has 0 amide bonds. The van der Waals surface area contributed by atoms with Gasteiger partial charge < -0.3 is 10.1 Å². The van der Waals surface area contributed by atoms with Crippen molar-refractivity contribution >= 4 is 37.0 Å². The van der Waals surface area contributed by atoms with Crippen LogP contribution in [0.4, 0.5) is 5.82 Å². The zero-order valence-electron chi connectivity index (χ0n) is 11.5. The van der Waals surface area contributed by atoms with Crippen LogP contribution in [0.15, 0.2) is 48.2 Å². The minimum Gasteiger partial charge on any atom is -0.446 e. The van der Waals surface area contributed by atoms with Crippen LogP contribution in [0.1, 0.15) is 17.2 Å². The van der Waals surface area contributed by atoms with Gasteiger partial charge in [-0.15, -0.1) is 12.4 Å². The van der Waals surface area contributed by atoms with Crippen LogP contribution < -0.4 is 10.1 Å². The van der Waals surface area contributed by atoms with Gasteiger partial charge in [0.15, 0.2) is 6.40 Å². The van der Waals surface area contributed by atoms with E-state index in [1.54, 1.807) is 18.3 Å². The molecular weight excluding hydrogens is 302 g/mol. The van der Waals surface area contributed by atoms with E-state index in [2.05, 4.69) is 10.3 Å². The van der Waals surface area contributed by atoms with E-state index in [0.717, 1.165) is 29.6 Å². The van der Waals surface area contributed by atoms with Crippen molar-refractivity contribution in [3.05, 3.63) is 59.3 Å². The fourth-order valence-corrected chi connectivity index (χ4v) is 2.32. The fraction of sp³-hybridized carbons (Fsp3) is 0.0625. The molecule has 2 N–H and O–H groups in total. The van der Waals surface area contributed by atoms with Crippen molar-refractivity contribution in [1.29, 1.82) is 5.41 Å². The van der Waals surface area contributed by atoms with Gasteiger partial charge in [0.1, 0.15) is 17.9 Å². The minimum atomic E-state index is -0.237. The number of aromatic nitrogens is 1. The van der Waals surface area contributed by atoms with Gasteiger partial charge in [0.05, 0.1) is 6.04 Å². The van der Waals surface area contributed by atoms with Gasteiger partial charge in [0.25, 0.3) is 0 Å². The molecule has 1 aromatic carbocycles. The summed E-state index contributed by atoms with van der Waals surface area (Å²) in [5.41, 5.74) is 2.48. The summed E-state index contributed by atoms with van der Waals surface area (Å²) in [6, 6.07) is 10.8. The summed E-state index contributed by atoms with van der Waals surface area (Å²) in [6.45, 7) is 0. The molecule has 1 aliphatic heterocycles. The molecule has 0 saturated carbocycles. The molecule has 0 radical (unpaired) electrons. The topological polar surface area (TPSA) is 75.1 Å². The standard InChI is InChI=1S/C16H13N3O2.ClH/c17-10-21-14-5-3-11(4-6-14)15-13(9-20)8-12-2-1-7-18-16(12)19-15;/h1-10,15,17H,(H,18,19);1H. The molecular formula is C16H14ClN3O2. The maximum Gasteiger partial charge on any atom is 0.173 e. The van der Waals surface area contributed by atoms with E-state index in [0.29, 0.717) is 11.3 Å². The van der Waals surface area contributed by atoms with E-state index in [1.807, 2.05) is 30.3 Å². The van der Waals surface area contributed by atoms with Crippen molar-refractivity contribution in [3.8, 4) is 5.75 Å². The zero-order chi connectivity index (χ0) is 14.7. The normalized spacial score (nSPS) is 15.5. The number of hydrogen-bond acceptors (Lipinski definition) is 5. The maximum atomic E-state index is 11.3. The number of pyridine rings is 1. The third kappa shape index (κ3) is 2.99. The van der Waals surface area contributed by atoms with Gasteiger partial charge >= 0.3 is 0 Å². The van der Waals surface area contributed by atoms with E-state index in [1.165, 1.54) is 0 Å². The molecule has 1 atom stereocenters. The molecule has 1 aromatic heterocycles. The minimum absolute atomic E-state index is 0. The highest BCUT2D eigenvalue weighted by Crippen LogP contribution is 2.33. The lowest BCUT2D eigenvalue weighted by Gasteiger charge is -2.25. The summed E-state index contributed by atoms with van der Waals surface area (Å²) in [4.78, 5) is 15.6. The Morgan fingerprint density at radius 1 is 1.23 bits per heavy atom. The van der Waals surface area contributed by atoms with Crippen LogP contribution >= 0.6 is 12.4 Å². The van der Waals surface area contributed by atoms with Crippen LogP contribution in [-0.2, 0) is 4.79 Å². The molecule has 0 bridgehead atoms. The van der Waals surface area contributed by atoms with Gasteiger partial charge in [-0.2, -0.15) is 0 Å². The number of rotatable bonds is 4. The first-order valence-corrected chi connectivity index (χ1v) is 6.45. The lowest BCUT2D eigenvalue weighted by atomic mass is 9.94. The summed E-state index contributed by atoms with van der Waals surface area (Å²) < 4.78 is 4.98. The molecule has 3 rings (SSSR count). The van der Waals surface area contributed by atoms with Gasteiger partial charge in [0.2, 0.25) is 0 Å². The molecule has 1 unspecified atom stereocenters. The van der Waals surface area contributed by atoms with Crippen molar-refractivity contribution in [2.24, 2.45) is 0 Å². The molecule has 1 aliphatic rings. The number of hydrogen-bond donors (Lipinski definition) is 2. The first-order chi connectivity index (χ1) is 10.3. The number of nitrogens with zero attached hydrogens (tertiary/aromatic N) is 1. The second-order valence-electron chi connectivity index (χ2n) is 4.59. The molecule has 0 fully saturated rings. The van der Waals surface area contributed by atoms with Crippen LogP contribution in [0, 0.1) is 5.41 Å². The summed E-state index contributed by atoms with van der Waals surface area (Å²) in [5, 5.41) is 10.2. The third-order valence-corrected chi connectivity index (χ3v) is 3.32. The number of ether oxygens (including phenoxy) is 1. The second kappa shape index (κ2) is 6.87. The Morgan fingerprint density at radius 3 is 2.68 bits per heavy atom. The summed E-state index contributed by atoms with van der Waals surface area (Å²) in [5.74, 6) is 1.34. The summed E-state index contributed by atoms with van der Waals surface area (Å²) in [7, 11) is 0. The Kier molecular flexibility index (Phi) is 4.91. The average Bonchev–Trinajstić information content (AvgIpc) is 2.54. The highest BCUT2D eigenvalue weighted by molar-refractivity contribution is 5.89. The number of halogens is 1. The molecule has 0 saturated heterocycles. The second-order valence-corrected chi connectivity index (χ2v) is 4.59. The Labute approximate surface area is 134 Å². The van der Waals surface area contributed by atoms with E-state index in [9.17, 15) is 4.79 Å². The van der Waals surface area contributed by atoms with E-state index >= 15 is 0 Å². The first-order valence-electron chi connectivity index (χ1n) is 6.45. The van der Waals surface area contributed by atoms with Crippen molar-refractivity contribution in [2.45, 2.75) is 6.04 Å². The van der Waals surface area contributed by atoms with Gasteiger partial charge in [-0.05, 0) is 35.9 Å². The molecule has 112 valence electrons. The Morgan fingerprint density at radius 2 is 2.00 bits per heavy atom. The van der Waals surface area contributed by atoms with Crippen LogP contribution in [0.25, 0.3) is 6.08 Å². The highest BCUT2D eigenvalue weighted by atomic mass is 35.5. The predicted octanol–water partition coefficient (Wildman–Crippen LogP) is 3.24. The monoisotopic (exact) mass is 315 g/mol. The zero-order valence-corrected chi connectivity index (χ0v) is 12.3. The Hall–Kier alpha value is -2.66. The largest absolute Gasteiger partial charge is 0.446 e. The molecule has 22 heavy (non-hydrogen) atoms. The summed E-state index contributed by atoms with van der Waals surface area (Å²) >= 11 is 0. The maximum absolute atomic E-state index is 11.3. The van der Waals surface area contributed by atoms with Gasteiger partial charge in [0, 0.05) is 17.3 Å². The molecule has 0 spiro atoms. The number of fused-ring (bicyclic) bond motifs is 1. The van der Waals surface area contributed by atoms with Crippen LogP contribution in [0.2, 0.25) is 0 Å². The number of carbonyl (C=O) groups is 1. The van der Waals surface area contributed by atoms with E-state index in [4.69, 9.17) is 10.1 Å². The SMILES string of the molecule is Cl.N=COc1ccc(C2Nc3ncccc3C=C2C=O)cc1. The molecule has 5 nitrogen and oxygen atoms in total.